The van der Waals surface area contributed by atoms with Crippen LogP contribution >= 0.6 is 7.82 Å². The highest BCUT2D eigenvalue weighted by Crippen LogP contribution is 2.43. The van der Waals surface area contributed by atoms with Crippen LogP contribution in [0.25, 0.3) is 10.9 Å². The fourth-order valence-corrected chi connectivity index (χ4v) is 14.2. The molecule has 2 aromatic carbocycles. The number of rotatable bonds is 50. The molecule has 0 spiro atoms. The Hall–Kier alpha value is -8.83. The van der Waals surface area contributed by atoms with Crippen LogP contribution in [0.3, 0.4) is 0 Å². The summed E-state index contributed by atoms with van der Waals surface area (Å²) in [5.41, 5.74) is 18.9. The molecule has 1 unspecified atom stereocenters. The molecule has 5 rings (SSSR count). The Morgan fingerprint density at radius 1 is 0.600 bits per heavy atom. The van der Waals surface area contributed by atoms with Gasteiger partial charge in [0.15, 0.2) is 11.9 Å². The minimum atomic E-state index is -4.22. The zero-order chi connectivity index (χ0) is 83.6. The number of primary amides is 1. The third kappa shape index (κ3) is 39.6. The molecule has 0 bridgehead atoms. The lowest BCUT2D eigenvalue weighted by Gasteiger charge is -2.31. The number of carbonyl (C=O) groups is 10. The predicted molar refractivity (Wildman–Crippen MR) is 434 cm³/mol. The van der Waals surface area contributed by atoms with Crippen LogP contribution in [-0.2, 0) is 88.6 Å². The number of aliphatic hydroxyl groups is 1. The quantitative estimate of drug-likeness (QED) is 0.0166. The van der Waals surface area contributed by atoms with E-state index in [9.17, 15) is 57.7 Å². The van der Waals surface area contributed by atoms with Gasteiger partial charge in [0.25, 0.3) is 0 Å². The second-order valence-electron chi connectivity index (χ2n) is 29.3. The molecule has 10 amide bonds. The number of phosphoric ester groups is 1. The van der Waals surface area contributed by atoms with Gasteiger partial charge in [0, 0.05) is 75.4 Å². The molecule has 115 heavy (non-hydrogen) atoms. The van der Waals surface area contributed by atoms with E-state index >= 15 is 4.79 Å². The molecule has 2 saturated heterocycles. The molecular formula is C79H130N17O18P. The number of carbonyl (C=O) groups excluding carboxylic acids is 10. The number of hydrogen-bond acceptors (Lipinski definition) is 19. The minimum absolute atomic E-state index is 0.00596. The number of hydrogen-bond donors (Lipinski definition) is 18. The molecule has 36 heteroatoms. The number of para-hydroxylation sites is 1. The highest BCUT2D eigenvalue weighted by atomic mass is 31.2. The van der Waals surface area contributed by atoms with Crippen molar-refractivity contribution in [3.63, 3.8) is 0 Å². The number of aromatic amines is 1. The number of benzene rings is 2. The molecule has 2 aliphatic rings. The molecule has 2 aliphatic heterocycles. The highest BCUT2D eigenvalue weighted by Gasteiger charge is 2.44. The fourth-order valence-electron chi connectivity index (χ4n) is 13.5. The Morgan fingerprint density at radius 2 is 1.15 bits per heavy atom. The molecule has 0 aliphatic carbocycles. The van der Waals surface area contributed by atoms with E-state index in [2.05, 4.69) is 65.1 Å². The van der Waals surface area contributed by atoms with Gasteiger partial charge in [0.2, 0.25) is 59.1 Å². The van der Waals surface area contributed by atoms with Gasteiger partial charge in [0.05, 0.1) is 59.0 Å². The van der Waals surface area contributed by atoms with Crippen LogP contribution in [0, 0.1) is 10.8 Å². The first-order valence-electron chi connectivity index (χ1n) is 41.1. The van der Waals surface area contributed by atoms with Crippen LogP contribution in [0.5, 0.6) is 0 Å². The van der Waals surface area contributed by atoms with Gasteiger partial charge in [-0.2, -0.15) is 0 Å². The lowest BCUT2D eigenvalue weighted by Crippen LogP contribution is -2.60. The Kier molecular flexibility index (Phi) is 46.8. The molecule has 3 heterocycles. The summed E-state index contributed by atoms with van der Waals surface area (Å²) in [4.78, 5) is 158. The molecule has 21 N–H and O–H groups in total. The van der Waals surface area contributed by atoms with E-state index < -0.39 is 128 Å². The third-order valence-electron chi connectivity index (χ3n) is 19.9. The molecule has 2 fully saturated rings. The average Bonchev–Trinajstić information content (AvgIpc) is 1.67. The Bertz CT molecular complexity index is 3520. The lowest BCUT2D eigenvalue weighted by atomic mass is 10.0. The average molecular weight is 1640 g/mol. The summed E-state index contributed by atoms with van der Waals surface area (Å²) in [6, 6.07) is 4.67. The zero-order valence-electron chi connectivity index (χ0n) is 67.2. The monoisotopic (exact) mass is 1640 g/mol. The Morgan fingerprint density at radius 3 is 1.80 bits per heavy atom. The predicted octanol–water partition coefficient (Wildman–Crippen LogP) is 3.65. The first kappa shape index (κ1) is 96.8. The normalized spacial score (nSPS) is 20.0. The second-order valence-corrected chi connectivity index (χ2v) is 30.8. The summed E-state index contributed by atoms with van der Waals surface area (Å²) in [7, 11) is -4.22. The van der Waals surface area contributed by atoms with Gasteiger partial charge in [0.1, 0.15) is 48.3 Å². The maximum absolute atomic E-state index is 15.2. The largest absolute Gasteiger partial charge is 0.472 e. The van der Waals surface area contributed by atoms with Crippen LogP contribution in [-0.4, -0.2) is 224 Å². The summed E-state index contributed by atoms with van der Waals surface area (Å²) in [6.45, 7) is 4.38. The summed E-state index contributed by atoms with van der Waals surface area (Å²) < 4.78 is 39.1. The van der Waals surface area contributed by atoms with Gasteiger partial charge >= 0.3 is 7.82 Å². The fraction of sp³-hybridized carbons (Fsp3) is 0.671. The number of fused-ring (bicyclic) bond motifs is 2. The molecule has 1 aromatic heterocycles. The standard InChI is InChI=1S/C79H130N17O18P/c1-3-5-7-8-9-10-11-12-13-14-15-16-17-25-42-113-115(108,109)114-49-48-112-47-46-111-45-44-110-43-38-69(99)89-61(34-26-40-86-78(81)82)71(101)91-62(31-6-4-2)72(102)93-64-36-37-68(98)85-39-24-23-33-60(70(80)100)90-75(105)66(51-56-53-88-59-32-22-21-30-58(56)59)94-73(103)63(35-27-41-87-79(83)84)92-74(104)65(50-55-28-19-18-20-29-55)95-76(106)67-52-57(97)54-96(67)77(64)107/h18-22,28-30,32,53,57,60-67,88,97H,3-17,23-27,31,33-52,54H2,1-2H3,(H2,80,100)(H,85,98)(H,89,99)(H,90,105)(H,91,101)(H,92,104)(H,93,102)(H,94,103)(H,95,106)(H,108,109)(H4,81,82,86)(H4,83,84,87)/t57-,60+,61+,62+,63+,64+,65-,66+,67+/m1/s1. The van der Waals surface area contributed by atoms with Crippen molar-refractivity contribution in [2.45, 2.75) is 261 Å². The molecule has 644 valence electrons. The van der Waals surface area contributed by atoms with Crippen molar-refractivity contribution >= 4 is 89.7 Å². The van der Waals surface area contributed by atoms with Crippen LogP contribution in [0.15, 0.2) is 60.8 Å². The Labute approximate surface area is 675 Å². The molecule has 0 saturated carbocycles. The topological polar surface area (TPSA) is 539 Å². The molecular weight excluding hydrogens is 1510 g/mol. The van der Waals surface area contributed by atoms with E-state index in [1.807, 2.05) is 25.1 Å². The van der Waals surface area contributed by atoms with Crippen LogP contribution in [0.1, 0.15) is 205 Å². The van der Waals surface area contributed by atoms with Crippen molar-refractivity contribution in [3.8, 4) is 0 Å². The van der Waals surface area contributed by atoms with E-state index in [0.29, 0.717) is 30.4 Å². The van der Waals surface area contributed by atoms with Gasteiger partial charge < -0.3 is 104 Å². The first-order chi connectivity index (χ1) is 55.4. The van der Waals surface area contributed by atoms with Gasteiger partial charge in [-0.1, -0.05) is 159 Å². The number of nitrogens with zero attached hydrogens (tertiary/aromatic N) is 1. The van der Waals surface area contributed by atoms with Crippen LogP contribution in [0.4, 0.5) is 0 Å². The van der Waals surface area contributed by atoms with Crippen molar-refractivity contribution in [2.75, 3.05) is 79.0 Å². The van der Waals surface area contributed by atoms with E-state index in [4.69, 9.17) is 51.3 Å². The number of unbranched alkanes of at least 4 members (excludes halogenated alkanes) is 14. The number of aromatic nitrogens is 1. The third-order valence-corrected chi connectivity index (χ3v) is 20.9. The molecule has 10 atom stereocenters. The first-order valence-corrected chi connectivity index (χ1v) is 42.6. The van der Waals surface area contributed by atoms with E-state index in [1.54, 1.807) is 42.6 Å². The number of ether oxygens (including phenoxy) is 3. The van der Waals surface area contributed by atoms with Crippen molar-refractivity contribution in [2.24, 2.45) is 17.2 Å². The number of amides is 10. The van der Waals surface area contributed by atoms with Gasteiger partial charge in [-0.3, -0.25) is 67.8 Å². The van der Waals surface area contributed by atoms with Gasteiger partial charge in [-0.05, 0) is 81.4 Å². The highest BCUT2D eigenvalue weighted by molar-refractivity contribution is 7.47. The van der Waals surface area contributed by atoms with Crippen molar-refractivity contribution in [1.82, 2.24) is 63.1 Å². The Balaban J connectivity index is 1.23. The summed E-state index contributed by atoms with van der Waals surface area (Å²) >= 11 is 0. The van der Waals surface area contributed by atoms with Crippen LogP contribution in [0.2, 0.25) is 0 Å². The van der Waals surface area contributed by atoms with Crippen LogP contribution < -0.4 is 70.4 Å². The maximum atomic E-state index is 15.2. The van der Waals surface area contributed by atoms with Crippen molar-refractivity contribution < 1.29 is 85.8 Å². The number of nitrogens with one attached hydrogen (secondary N) is 13. The van der Waals surface area contributed by atoms with Gasteiger partial charge in [-0.25, -0.2) is 4.57 Å². The van der Waals surface area contributed by atoms with Crippen molar-refractivity contribution in [1.29, 1.82) is 10.8 Å². The maximum Gasteiger partial charge on any atom is 0.472 e. The number of nitrogens with two attached hydrogens (primary N) is 3. The van der Waals surface area contributed by atoms with E-state index in [0.717, 1.165) is 35.1 Å². The second kappa shape index (κ2) is 55.7. The lowest BCUT2D eigenvalue weighted by molar-refractivity contribution is -0.143. The summed E-state index contributed by atoms with van der Waals surface area (Å²) in [5.74, 6) is -8.64. The van der Waals surface area contributed by atoms with E-state index in [1.165, 1.54) is 64.2 Å². The number of phosphoric acid groups is 1. The zero-order valence-corrected chi connectivity index (χ0v) is 68.1. The van der Waals surface area contributed by atoms with E-state index in [-0.39, 0.29) is 174 Å². The number of aliphatic hydroxyl groups excluding tert-OH is 1. The minimum Gasteiger partial charge on any atom is -0.391 e. The molecule has 0 radical (unpaired) electrons. The smallest absolute Gasteiger partial charge is 0.391 e. The summed E-state index contributed by atoms with van der Waals surface area (Å²) in [6.07, 6.45) is 17.3. The van der Waals surface area contributed by atoms with Gasteiger partial charge in [-0.15, -0.1) is 0 Å². The SMILES string of the molecule is CCCCCCCCCCCCCCCCOP(=O)(O)OCCOCCOCCOCCC(=O)N[C@@H](CCCNC(=N)N)C(=O)N[C@@H](CCCC)C(=O)N[C@H]1CCC(=O)NCCCC[C@@H](C(N)=O)NC(=O)[C@H](Cc2c[nH]c3ccccc23)NC(=O)[C@H](CCCNC(=N)N)NC(=O)[C@@H](Cc2ccccc2)NC(=O)[C@@H]2C[C@@H](O)CN2C1=O. The molecule has 3 aromatic rings. The molecule has 35 nitrogen and oxygen atoms in total. The number of guanidine groups is 2. The summed E-state index contributed by atoms with van der Waals surface area (Å²) in [5, 5.41) is 54.7. The number of H-pyrrole nitrogens is 1. The van der Waals surface area contributed by atoms with Crippen molar-refractivity contribution in [3.05, 3.63) is 71.9 Å².